The van der Waals surface area contributed by atoms with Gasteiger partial charge in [0.05, 0.1) is 6.04 Å². The van der Waals surface area contributed by atoms with Crippen LogP contribution < -0.4 is 16.0 Å². The minimum atomic E-state index is -0.351. The lowest BCUT2D eigenvalue weighted by molar-refractivity contribution is -0.114. The lowest BCUT2D eigenvalue weighted by Crippen LogP contribution is -2.31. The van der Waals surface area contributed by atoms with Gasteiger partial charge in [-0.05, 0) is 43.7 Å². The van der Waals surface area contributed by atoms with Crippen LogP contribution in [0.4, 0.5) is 16.2 Å². The molecule has 6 heteroatoms. The van der Waals surface area contributed by atoms with Gasteiger partial charge in [-0.25, -0.2) is 4.79 Å². The molecule has 0 spiro atoms. The molecule has 134 valence electrons. The number of para-hydroxylation sites is 1. The van der Waals surface area contributed by atoms with Gasteiger partial charge in [-0.2, -0.15) is 0 Å². The van der Waals surface area contributed by atoms with E-state index < -0.39 is 0 Å². The summed E-state index contributed by atoms with van der Waals surface area (Å²) in [5, 5.41) is 9.36. The molecule has 1 heterocycles. The fourth-order valence-corrected chi connectivity index (χ4v) is 2.67. The largest absolute Gasteiger partial charge is 0.459 e. The normalized spacial score (nSPS) is 11.8. The minimum absolute atomic E-state index is 0.159. The number of urea groups is 1. The summed E-state index contributed by atoms with van der Waals surface area (Å²) >= 11 is 0. The van der Waals surface area contributed by atoms with Crippen molar-refractivity contribution in [3.8, 4) is 0 Å². The van der Waals surface area contributed by atoms with E-state index in [2.05, 4.69) is 16.0 Å². The summed E-state index contributed by atoms with van der Waals surface area (Å²) in [6.07, 6.45) is 0. The third kappa shape index (κ3) is 4.03. The van der Waals surface area contributed by atoms with Gasteiger partial charge < -0.3 is 20.4 Å². The van der Waals surface area contributed by atoms with Crippen molar-refractivity contribution in [1.29, 1.82) is 0 Å². The molecular formula is C20H21N3O3. The van der Waals surface area contributed by atoms with Gasteiger partial charge in [0, 0.05) is 23.7 Å². The Morgan fingerprint density at radius 1 is 1.04 bits per heavy atom. The van der Waals surface area contributed by atoms with E-state index in [1.807, 2.05) is 50.2 Å². The smallest absolute Gasteiger partial charge is 0.319 e. The average Bonchev–Trinajstić information content (AvgIpc) is 3.01. The van der Waals surface area contributed by atoms with Crippen molar-refractivity contribution >= 4 is 34.3 Å². The number of benzene rings is 2. The second-order valence-corrected chi connectivity index (χ2v) is 6.22. The number of rotatable bonds is 4. The zero-order valence-corrected chi connectivity index (χ0v) is 14.9. The van der Waals surface area contributed by atoms with Crippen LogP contribution in [0.15, 0.2) is 52.9 Å². The number of hydrogen-bond donors (Lipinski definition) is 3. The standard InChI is InChI=1S/C20H21N3O3/c1-12-8-9-16(11-17(12)22-14(3)24)23-20(25)21-13(2)19-10-15-6-4-5-7-18(15)26-19/h4-11,13H,1-3H3,(H,22,24)(H2,21,23,25)/t13-/m1/s1. The molecule has 3 amide bonds. The fraction of sp³-hybridized carbons (Fsp3) is 0.200. The molecule has 1 aromatic heterocycles. The highest BCUT2D eigenvalue weighted by Gasteiger charge is 2.14. The molecule has 3 N–H and O–H groups in total. The molecule has 0 aliphatic heterocycles. The van der Waals surface area contributed by atoms with Crippen LogP contribution in [0.1, 0.15) is 31.2 Å². The van der Waals surface area contributed by atoms with Crippen LogP contribution in [-0.4, -0.2) is 11.9 Å². The summed E-state index contributed by atoms with van der Waals surface area (Å²) in [4.78, 5) is 23.5. The summed E-state index contributed by atoms with van der Waals surface area (Å²) in [5.74, 6) is 0.525. The molecule has 0 radical (unpaired) electrons. The SMILES string of the molecule is CC(=O)Nc1cc(NC(=O)N[C@H](C)c2cc3ccccc3o2)ccc1C. The van der Waals surface area contributed by atoms with E-state index >= 15 is 0 Å². The number of nitrogens with one attached hydrogen (secondary N) is 3. The maximum absolute atomic E-state index is 12.3. The quantitative estimate of drug-likeness (QED) is 0.643. The number of amides is 3. The van der Waals surface area contributed by atoms with Gasteiger partial charge in [-0.3, -0.25) is 4.79 Å². The van der Waals surface area contributed by atoms with Gasteiger partial charge in [-0.1, -0.05) is 24.3 Å². The van der Waals surface area contributed by atoms with Crippen molar-refractivity contribution in [2.24, 2.45) is 0 Å². The van der Waals surface area contributed by atoms with E-state index in [1.54, 1.807) is 12.1 Å². The second-order valence-electron chi connectivity index (χ2n) is 6.22. The number of furan rings is 1. The van der Waals surface area contributed by atoms with Gasteiger partial charge >= 0.3 is 6.03 Å². The van der Waals surface area contributed by atoms with Crippen molar-refractivity contribution in [3.63, 3.8) is 0 Å². The van der Waals surface area contributed by atoms with Crippen molar-refractivity contribution in [3.05, 3.63) is 59.9 Å². The highest BCUT2D eigenvalue weighted by atomic mass is 16.3. The van der Waals surface area contributed by atoms with Crippen LogP contribution in [-0.2, 0) is 4.79 Å². The summed E-state index contributed by atoms with van der Waals surface area (Å²) < 4.78 is 5.77. The van der Waals surface area contributed by atoms with Crippen LogP contribution in [0.25, 0.3) is 11.0 Å². The fourth-order valence-electron chi connectivity index (χ4n) is 2.67. The third-order valence-corrected chi connectivity index (χ3v) is 4.03. The predicted molar refractivity (Wildman–Crippen MR) is 102 cm³/mol. The first-order chi connectivity index (χ1) is 12.4. The maximum atomic E-state index is 12.3. The van der Waals surface area contributed by atoms with E-state index in [0.29, 0.717) is 17.1 Å². The molecule has 0 bridgehead atoms. The van der Waals surface area contributed by atoms with Crippen LogP contribution >= 0.6 is 0 Å². The first-order valence-electron chi connectivity index (χ1n) is 8.36. The van der Waals surface area contributed by atoms with E-state index in [-0.39, 0.29) is 18.0 Å². The molecule has 2 aromatic carbocycles. The summed E-state index contributed by atoms with van der Waals surface area (Å²) in [5.41, 5.74) is 2.96. The number of carbonyl (C=O) groups excluding carboxylic acids is 2. The molecule has 0 aliphatic carbocycles. The Morgan fingerprint density at radius 3 is 2.54 bits per heavy atom. The Hall–Kier alpha value is -3.28. The highest BCUT2D eigenvalue weighted by molar-refractivity contribution is 5.93. The minimum Gasteiger partial charge on any atom is -0.459 e. The van der Waals surface area contributed by atoms with Gasteiger partial charge in [-0.15, -0.1) is 0 Å². The molecule has 26 heavy (non-hydrogen) atoms. The number of anilines is 2. The molecule has 6 nitrogen and oxygen atoms in total. The lowest BCUT2D eigenvalue weighted by atomic mass is 10.2. The van der Waals surface area contributed by atoms with Gasteiger partial charge in [0.2, 0.25) is 5.91 Å². The monoisotopic (exact) mass is 351 g/mol. The summed E-state index contributed by atoms with van der Waals surface area (Å²) in [7, 11) is 0. The first kappa shape index (κ1) is 17.5. The molecule has 0 aliphatic rings. The molecule has 1 atom stereocenters. The Labute approximate surface area is 151 Å². The van der Waals surface area contributed by atoms with Crippen molar-refractivity contribution in [2.45, 2.75) is 26.8 Å². The van der Waals surface area contributed by atoms with Gasteiger partial charge in [0.25, 0.3) is 0 Å². The molecule has 0 saturated carbocycles. The number of hydrogen-bond acceptors (Lipinski definition) is 3. The molecule has 0 saturated heterocycles. The predicted octanol–water partition coefficient (Wildman–Crippen LogP) is 4.58. The van der Waals surface area contributed by atoms with E-state index in [0.717, 1.165) is 16.5 Å². The molecular weight excluding hydrogens is 330 g/mol. The van der Waals surface area contributed by atoms with Crippen molar-refractivity contribution < 1.29 is 14.0 Å². The van der Waals surface area contributed by atoms with Crippen molar-refractivity contribution in [2.75, 3.05) is 10.6 Å². The second kappa shape index (κ2) is 7.31. The molecule has 0 unspecified atom stereocenters. The van der Waals surface area contributed by atoms with E-state index in [9.17, 15) is 9.59 Å². The Kier molecular flexibility index (Phi) is 4.93. The molecule has 3 rings (SSSR count). The lowest BCUT2D eigenvalue weighted by Gasteiger charge is -2.14. The van der Waals surface area contributed by atoms with Gasteiger partial charge in [0.1, 0.15) is 11.3 Å². The first-order valence-corrected chi connectivity index (χ1v) is 8.36. The van der Waals surface area contributed by atoms with Crippen LogP contribution in [0.5, 0.6) is 0 Å². The zero-order valence-electron chi connectivity index (χ0n) is 14.9. The highest BCUT2D eigenvalue weighted by Crippen LogP contribution is 2.24. The third-order valence-electron chi connectivity index (χ3n) is 4.03. The molecule has 3 aromatic rings. The van der Waals surface area contributed by atoms with Gasteiger partial charge in [0.15, 0.2) is 0 Å². The van der Waals surface area contributed by atoms with Crippen LogP contribution in [0.3, 0.4) is 0 Å². The molecule has 0 fully saturated rings. The Morgan fingerprint density at radius 2 is 1.81 bits per heavy atom. The average molecular weight is 351 g/mol. The van der Waals surface area contributed by atoms with E-state index in [4.69, 9.17) is 4.42 Å². The topological polar surface area (TPSA) is 83.4 Å². The van der Waals surface area contributed by atoms with Crippen molar-refractivity contribution in [1.82, 2.24) is 5.32 Å². The Balaban J connectivity index is 1.67. The maximum Gasteiger partial charge on any atom is 0.319 e. The number of fused-ring (bicyclic) bond motifs is 1. The number of aryl methyl sites for hydroxylation is 1. The zero-order chi connectivity index (χ0) is 18.7. The van der Waals surface area contributed by atoms with Crippen LogP contribution in [0.2, 0.25) is 0 Å². The van der Waals surface area contributed by atoms with E-state index in [1.165, 1.54) is 6.92 Å². The summed E-state index contributed by atoms with van der Waals surface area (Å²) in [6, 6.07) is 14.3. The summed E-state index contributed by atoms with van der Waals surface area (Å²) in [6.45, 7) is 5.19. The Bertz CT molecular complexity index is 929. The number of carbonyl (C=O) groups is 2. The van der Waals surface area contributed by atoms with Crippen LogP contribution in [0, 0.1) is 6.92 Å².